The van der Waals surface area contributed by atoms with E-state index in [1.54, 1.807) is 18.3 Å². The van der Waals surface area contributed by atoms with Gasteiger partial charge in [0, 0.05) is 11.9 Å². The molecule has 0 saturated heterocycles. The zero-order valence-corrected chi connectivity index (χ0v) is 12.5. The van der Waals surface area contributed by atoms with Gasteiger partial charge in [-0.3, -0.25) is 4.98 Å². The van der Waals surface area contributed by atoms with Gasteiger partial charge in [0.25, 0.3) is 0 Å². The van der Waals surface area contributed by atoms with E-state index in [4.69, 9.17) is 40.1 Å². The third-order valence-electron chi connectivity index (χ3n) is 2.15. The van der Waals surface area contributed by atoms with Crippen LogP contribution in [0, 0.1) is 11.5 Å². The summed E-state index contributed by atoms with van der Waals surface area (Å²) in [4.78, 5) is 4.02. The lowest BCUT2D eigenvalue weighted by Crippen LogP contribution is -2.14. The first kappa shape index (κ1) is 15.7. The molecule has 0 aliphatic heterocycles. The van der Waals surface area contributed by atoms with Crippen LogP contribution in [-0.2, 0) is 21.2 Å². The van der Waals surface area contributed by atoms with Crippen LogP contribution in [0.1, 0.15) is 11.3 Å². The van der Waals surface area contributed by atoms with Crippen LogP contribution in [0.2, 0.25) is 0 Å². The van der Waals surface area contributed by atoms with Gasteiger partial charge in [-0.05, 0) is 18.1 Å². The Morgan fingerprint density at radius 2 is 2.22 bits per heavy atom. The molecule has 0 bridgehead atoms. The highest BCUT2D eigenvalue weighted by molar-refractivity contribution is 7.79. The van der Waals surface area contributed by atoms with Crippen molar-refractivity contribution in [1.82, 2.24) is 4.98 Å². The van der Waals surface area contributed by atoms with E-state index in [-0.39, 0.29) is 5.75 Å². The fraction of sp³-hybridized carbons (Fsp3) is 0.400. The molecule has 1 heterocycles. The first-order valence-corrected chi connectivity index (χ1v) is 7.30. The molecule has 0 aliphatic carbocycles. The highest BCUT2D eigenvalue weighted by Crippen LogP contribution is 2.38. The Hall–Kier alpha value is -0.380. The molecule has 0 aromatic carbocycles. The predicted octanol–water partition coefficient (Wildman–Crippen LogP) is 2.51. The minimum atomic E-state index is -1.61. The van der Waals surface area contributed by atoms with Crippen LogP contribution in [0.5, 0.6) is 0 Å². The van der Waals surface area contributed by atoms with Crippen LogP contribution in [-0.4, -0.2) is 26.3 Å². The lowest BCUT2D eigenvalue weighted by Gasteiger charge is -2.16. The van der Waals surface area contributed by atoms with Gasteiger partial charge < -0.3 is 4.55 Å². The number of nitrogens with zero attached hydrogens (tertiary/aromatic N) is 3. The molecule has 1 aromatic rings. The van der Waals surface area contributed by atoms with E-state index in [0.29, 0.717) is 17.7 Å². The molecule has 0 radical (unpaired) electrons. The molecule has 0 fully saturated rings. The highest BCUT2D eigenvalue weighted by atomic mass is 35.6. The van der Waals surface area contributed by atoms with Gasteiger partial charge in [-0.2, -0.15) is 3.95 Å². The molecule has 4 nitrogen and oxygen atoms in total. The Morgan fingerprint density at radius 1 is 1.56 bits per heavy atom. The SMILES string of the molecule is C[N+](C#N)=S([O-])CCc1cccnc1C(Cl)(Cl)Cl. The van der Waals surface area contributed by atoms with Crippen molar-refractivity contribution in [3.8, 4) is 6.19 Å². The Kier molecular flexibility index (Phi) is 5.83. The van der Waals surface area contributed by atoms with Gasteiger partial charge in [0.05, 0.1) is 12.7 Å². The first-order valence-electron chi connectivity index (χ1n) is 4.89. The maximum absolute atomic E-state index is 11.6. The third kappa shape index (κ3) is 4.38. The molecule has 0 saturated carbocycles. The molecular formula is C10H10Cl3N3OS. The zero-order chi connectivity index (χ0) is 13.8. The first-order chi connectivity index (χ1) is 8.36. The van der Waals surface area contributed by atoms with Crippen LogP contribution in [0.15, 0.2) is 18.3 Å². The number of halogens is 3. The number of hydrogen-bond acceptors (Lipinski definition) is 3. The lowest BCUT2D eigenvalue weighted by molar-refractivity contribution is -0.379. The smallest absolute Gasteiger partial charge is 0.464 e. The number of alkyl halides is 3. The maximum Gasteiger partial charge on any atom is 0.464 e. The molecule has 1 unspecified atom stereocenters. The number of rotatable bonds is 3. The van der Waals surface area contributed by atoms with Crippen LogP contribution in [0.3, 0.4) is 0 Å². The quantitative estimate of drug-likeness (QED) is 0.371. The number of pyridine rings is 1. The van der Waals surface area contributed by atoms with Gasteiger partial charge in [-0.1, -0.05) is 51.8 Å². The summed E-state index contributed by atoms with van der Waals surface area (Å²) in [6.07, 6.45) is 3.72. The van der Waals surface area contributed by atoms with Crippen LogP contribution >= 0.6 is 34.8 Å². The van der Waals surface area contributed by atoms with Crippen molar-refractivity contribution >= 4 is 45.8 Å². The van der Waals surface area contributed by atoms with E-state index in [1.165, 1.54) is 13.2 Å². The molecule has 0 amide bonds. The van der Waals surface area contributed by atoms with Gasteiger partial charge in [-0.25, -0.2) is 0 Å². The van der Waals surface area contributed by atoms with E-state index < -0.39 is 14.8 Å². The van der Waals surface area contributed by atoms with Crippen molar-refractivity contribution in [1.29, 1.82) is 5.26 Å². The molecule has 0 spiro atoms. The van der Waals surface area contributed by atoms with Crippen molar-refractivity contribution in [3.63, 3.8) is 0 Å². The van der Waals surface area contributed by atoms with Gasteiger partial charge >= 0.3 is 6.19 Å². The Morgan fingerprint density at radius 3 is 2.78 bits per heavy atom. The lowest BCUT2D eigenvalue weighted by atomic mass is 10.1. The summed E-state index contributed by atoms with van der Waals surface area (Å²) in [5.41, 5.74) is 1.03. The summed E-state index contributed by atoms with van der Waals surface area (Å²) in [6.45, 7) is 0. The summed E-state index contributed by atoms with van der Waals surface area (Å²) in [5.74, 6) is 0.267. The fourth-order valence-corrected chi connectivity index (χ4v) is 2.55. The molecule has 0 N–H and O–H groups in total. The summed E-state index contributed by atoms with van der Waals surface area (Å²) < 4.78 is 11.1. The minimum absolute atomic E-state index is 0.267. The van der Waals surface area contributed by atoms with Crippen LogP contribution in [0.4, 0.5) is 0 Å². The standard InChI is InChI=1S/C10H10Cl3N3OS/c1-16(7-14)18(17)6-4-8-3-2-5-15-9(8)10(11,12)13/h2-3,5H,4,6H2,1H3. The number of aryl methyl sites for hydroxylation is 1. The predicted molar refractivity (Wildman–Crippen MR) is 72.0 cm³/mol. The topological polar surface area (TPSA) is 62.8 Å². The van der Waals surface area contributed by atoms with Crippen molar-refractivity contribution in [2.45, 2.75) is 10.2 Å². The van der Waals surface area contributed by atoms with Crippen LogP contribution in [0.25, 0.3) is 0 Å². The van der Waals surface area contributed by atoms with Crippen molar-refractivity contribution in [3.05, 3.63) is 29.6 Å². The fourth-order valence-electron chi connectivity index (χ4n) is 1.28. The van der Waals surface area contributed by atoms with E-state index in [1.807, 2.05) is 0 Å². The maximum atomic E-state index is 11.6. The largest absolute Gasteiger partial charge is 0.772 e. The summed E-state index contributed by atoms with van der Waals surface area (Å²) >= 11 is 17.4. The van der Waals surface area contributed by atoms with Gasteiger partial charge in [0.1, 0.15) is 0 Å². The Bertz CT molecular complexity index is 508. The summed E-state index contributed by atoms with van der Waals surface area (Å²) in [7, 11) is 0.0684. The average molecular weight is 327 g/mol. The third-order valence-corrected chi connectivity index (χ3v) is 3.94. The highest BCUT2D eigenvalue weighted by Gasteiger charge is 2.27. The molecule has 0 aliphatic rings. The second-order valence-electron chi connectivity index (χ2n) is 3.38. The van der Waals surface area contributed by atoms with Crippen molar-refractivity contribution < 1.29 is 8.50 Å². The van der Waals surface area contributed by atoms with Crippen LogP contribution < -0.4 is 0 Å². The van der Waals surface area contributed by atoms with Gasteiger partial charge in [-0.15, -0.1) is 0 Å². The number of nitriles is 1. The van der Waals surface area contributed by atoms with Crippen molar-refractivity contribution in [2.24, 2.45) is 0 Å². The molecule has 18 heavy (non-hydrogen) atoms. The van der Waals surface area contributed by atoms with E-state index >= 15 is 0 Å². The summed E-state index contributed by atoms with van der Waals surface area (Å²) in [5, 5.41) is 8.59. The van der Waals surface area contributed by atoms with Gasteiger partial charge in [0.15, 0.2) is 5.26 Å². The van der Waals surface area contributed by atoms with Gasteiger partial charge in [0.2, 0.25) is 3.79 Å². The Labute approximate surface area is 123 Å². The molecule has 8 heteroatoms. The second-order valence-corrected chi connectivity index (χ2v) is 7.26. The molecule has 98 valence electrons. The molecule has 1 aromatic heterocycles. The number of hydrogen-bond donors (Lipinski definition) is 0. The molecular weight excluding hydrogens is 317 g/mol. The monoisotopic (exact) mass is 325 g/mol. The van der Waals surface area contributed by atoms with E-state index in [2.05, 4.69) is 4.98 Å². The summed E-state index contributed by atoms with van der Waals surface area (Å²) in [6, 6.07) is 3.47. The number of aromatic nitrogens is 1. The normalized spacial score (nSPS) is 13.9. The van der Waals surface area contributed by atoms with Crippen molar-refractivity contribution in [2.75, 3.05) is 12.8 Å². The minimum Gasteiger partial charge on any atom is -0.772 e. The molecule has 1 atom stereocenters. The van der Waals surface area contributed by atoms with E-state index in [0.717, 1.165) is 3.95 Å². The zero-order valence-electron chi connectivity index (χ0n) is 9.44. The van der Waals surface area contributed by atoms with E-state index in [9.17, 15) is 4.55 Å². The molecule has 1 rings (SSSR count). The second kappa shape index (κ2) is 6.69. The Balaban J connectivity index is 2.91. The average Bonchev–Trinajstić information content (AvgIpc) is 2.34.